The number of carbonyl (C=O) groups is 1. The van der Waals surface area contributed by atoms with E-state index >= 15 is 0 Å². The monoisotopic (exact) mass is 479 g/mol. The third kappa shape index (κ3) is 4.89. The third-order valence-electron chi connectivity index (χ3n) is 4.22. The highest BCUT2D eigenvalue weighted by Crippen LogP contribution is 2.26. The Morgan fingerprint density at radius 1 is 1.03 bits per heavy atom. The van der Waals surface area contributed by atoms with Crippen LogP contribution in [0.4, 0.5) is 14.5 Å². The van der Waals surface area contributed by atoms with Crippen molar-refractivity contribution in [2.75, 3.05) is 4.72 Å². The lowest BCUT2D eigenvalue weighted by Gasteiger charge is -2.13. The summed E-state index contributed by atoms with van der Waals surface area (Å²) >= 11 is 3.01. The maximum absolute atomic E-state index is 13.7. The van der Waals surface area contributed by atoms with Crippen LogP contribution in [0.15, 0.2) is 70.0 Å². The molecule has 29 heavy (non-hydrogen) atoms. The number of halogens is 3. The quantitative estimate of drug-likeness (QED) is 0.387. The van der Waals surface area contributed by atoms with E-state index in [0.29, 0.717) is 6.07 Å². The number of anilines is 1. The summed E-state index contributed by atoms with van der Waals surface area (Å²) in [6, 6.07) is 14.1. The molecule has 3 aromatic carbocycles. The smallest absolute Gasteiger partial charge is 0.261 e. The van der Waals surface area contributed by atoms with Gasteiger partial charge in [-0.25, -0.2) is 17.2 Å². The lowest BCUT2D eigenvalue weighted by molar-refractivity contribution is 0.0993. The maximum atomic E-state index is 13.7. The van der Waals surface area contributed by atoms with Gasteiger partial charge < -0.3 is 0 Å². The standard InChI is InChI=1S/C21H16BrF2NO3S/c1-13-6-8-16(9-7-13)29(27,28)25-19-5-3-2-4-17(19)20(26)11-14-10-15(23)12-18(24)21(14)22/h2-10,12,25H,11H2,1H3. The lowest BCUT2D eigenvalue weighted by Crippen LogP contribution is -2.16. The van der Waals surface area contributed by atoms with Gasteiger partial charge in [0.1, 0.15) is 11.6 Å². The van der Waals surface area contributed by atoms with E-state index in [-0.39, 0.29) is 32.6 Å². The van der Waals surface area contributed by atoms with Gasteiger partial charge in [-0.05, 0) is 58.7 Å². The third-order valence-corrected chi connectivity index (χ3v) is 6.49. The van der Waals surface area contributed by atoms with Gasteiger partial charge in [0.15, 0.2) is 5.78 Å². The molecule has 0 amide bonds. The fourth-order valence-electron chi connectivity index (χ4n) is 2.74. The number of hydrogen-bond acceptors (Lipinski definition) is 3. The average Bonchev–Trinajstić information content (AvgIpc) is 2.66. The van der Waals surface area contributed by atoms with Gasteiger partial charge in [-0.2, -0.15) is 0 Å². The fourth-order valence-corrected chi connectivity index (χ4v) is 4.19. The van der Waals surface area contributed by atoms with Gasteiger partial charge in [0.2, 0.25) is 0 Å². The number of aryl methyl sites for hydroxylation is 1. The largest absolute Gasteiger partial charge is 0.294 e. The zero-order chi connectivity index (χ0) is 21.2. The van der Waals surface area contributed by atoms with Crippen LogP contribution in [0.25, 0.3) is 0 Å². The summed E-state index contributed by atoms with van der Waals surface area (Å²) in [5.41, 5.74) is 1.22. The van der Waals surface area contributed by atoms with Crippen LogP contribution < -0.4 is 4.72 Å². The number of ketones is 1. The van der Waals surface area contributed by atoms with Crippen molar-refractivity contribution in [1.82, 2.24) is 0 Å². The van der Waals surface area contributed by atoms with Crippen molar-refractivity contribution in [3.8, 4) is 0 Å². The van der Waals surface area contributed by atoms with Crippen LogP contribution in [-0.4, -0.2) is 14.2 Å². The highest BCUT2D eigenvalue weighted by molar-refractivity contribution is 9.10. The number of rotatable bonds is 6. The second kappa shape index (κ2) is 8.42. The molecule has 0 spiro atoms. The van der Waals surface area contributed by atoms with Crippen LogP contribution in [0.3, 0.4) is 0 Å². The van der Waals surface area contributed by atoms with E-state index in [9.17, 15) is 22.0 Å². The molecule has 0 saturated heterocycles. The van der Waals surface area contributed by atoms with Crippen molar-refractivity contribution in [2.45, 2.75) is 18.2 Å². The van der Waals surface area contributed by atoms with E-state index in [0.717, 1.165) is 11.6 Å². The minimum atomic E-state index is -3.91. The minimum Gasteiger partial charge on any atom is -0.294 e. The van der Waals surface area contributed by atoms with Crippen LogP contribution in [0.2, 0.25) is 0 Å². The number of hydrogen-bond donors (Lipinski definition) is 1. The van der Waals surface area contributed by atoms with E-state index in [2.05, 4.69) is 20.7 Å². The Bertz CT molecular complexity index is 1180. The predicted octanol–water partition coefficient (Wildman–Crippen LogP) is 5.26. The zero-order valence-electron chi connectivity index (χ0n) is 15.2. The predicted molar refractivity (Wildman–Crippen MR) is 111 cm³/mol. The number of sulfonamides is 1. The Morgan fingerprint density at radius 2 is 1.69 bits per heavy atom. The van der Waals surface area contributed by atoms with E-state index in [1.54, 1.807) is 24.3 Å². The summed E-state index contributed by atoms with van der Waals surface area (Å²) < 4.78 is 55.0. The topological polar surface area (TPSA) is 63.2 Å². The molecule has 8 heteroatoms. The van der Waals surface area contributed by atoms with Crippen LogP contribution in [0, 0.1) is 18.6 Å². The van der Waals surface area contributed by atoms with Crippen LogP contribution >= 0.6 is 15.9 Å². The van der Waals surface area contributed by atoms with Gasteiger partial charge >= 0.3 is 0 Å². The zero-order valence-corrected chi connectivity index (χ0v) is 17.6. The first-order chi connectivity index (χ1) is 13.7. The molecule has 3 rings (SSSR count). The number of nitrogens with one attached hydrogen (secondary N) is 1. The summed E-state index contributed by atoms with van der Waals surface area (Å²) in [6.07, 6.45) is -0.307. The summed E-state index contributed by atoms with van der Waals surface area (Å²) in [6.45, 7) is 1.84. The van der Waals surface area contributed by atoms with Crippen molar-refractivity contribution in [2.24, 2.45) is 0 Å². The highest BCUT2D eigenvalue weighted by atomic mass is 79.9. The van der Waals surface area contributed by atoms with Gasteiger partial charge in [0.25, 0.3) is 10.0 Å². The van der Waals surface area contributed by atoms with E-state index < -0.39 is 27.4 Å². The summed E-state index contributed by atoms with van der Waals surface area (Å²) in [5.74, 6) is -2.11. The molecule has 4 nitrogen and oxygen atoms in total. The average molecular weight is 480 g/mol. The first kappa shape index (κ1) is 21.1. The SMILES string of the molecule is Cc1ccc(S(=O)(=O)Nc2ccccc2C(=O)Cc2cc(F)cc(F)c2Br)cc1. The molecule has 0 heterocycles. The van der Waals surface area contributed by atoms with Gasteiger partial charge in [-0.15, -0.1) is 0 Å². The molecule has 0 fully saturated rings. The van der Waals surface area contributed by atoms with Crippen LogP contribution in [0.5, 0.6) is 0 Å². The van der Waals surface area contributed by atoms with Gasteiger partial charge in [0.05, 0.1) is 15.1 Å². The van der Waals surface area contributed by atoms with Crippen molar-refractivity contribution in [3.05, 3.63) is 93.5 Å². The Morgan fingerprint density at radius 3 is 2.38 bits per heavy atom. The van der Waals surface area contributed by atoms with E-state index in [1.165, 1.54) is 24.3 Å². The molecule has 0 unspecified atom stereocenters. The molecule has 0 bridgehead atoms. The molecule has 0 aliphatic heterocycles. The number of Topliss-reactive ketones (excluding diaryl/α,β-unsaturated/α-hetero) is 1. The maximum Gasteiger partial charge on any atom is 0.261 e. The van der Waals surface area contributed by atoms with Crippen LogP contribution in [0.1, 0.15) is 21.5 Å². The first-order valence-corrected chi connectivity index (χ1v) is 10.8. The van der Waals surface area contributed by atoms with Gasteiger partial charge in [0, 0.05) is 18.1 Å². The van der Waals surface area contributed by atoms with Crippen molar-refractivity contribution in [1.29, 1.82) is 0 Å². The highest BCUT2D eigenvalue weighted by Gasteiger charge is 2.20. The number of carbonyl (C=O) groups excluding carboxylic acids is 1. The molecule has 0 aromatic heterocycles. The molecule has 0 atom stereocenters. The molecular formula is C21H16BrF2NO3S. The Kier molecular flexibility index (Phi) is 6.14. The summed E-state index contributed by atoms with van der Waals surface area (Å²) in [7, 11) is -3.91. The van der Waals surface area contributed by atoms with E-state index in [4.69, 9.17) is 0 Å². The van der Waals surface area contributed by atoms with E-state index in [1.807, 2.05) is 6.92 Å². The molecule has 0 aliphatic carbocycles. The second-order valence-electron chi connectivity index (χ2n) is 6.42. The molecular weight excluding hydrogens is 464 g/mol. The molecule has 0 radical (unpaired) electrons. The Hall–Kier alpha value is -2.58. The van der Waals surface area contributed by atoms with Crippen molar-refractivity contribution in [3.63, 3.8) is 0 Å². The van der Waals surface area contributed by atoms with Crippen molar-refractivity contribution >= 4 is 37.4 Å². The number of benzene rings is 3. The number of para-hydroxylation sites is 1. The molecule has 3 aromatic rings. The fraction of sp³-hybridized carbons (Fsp3) is 0.0952. The molecule has 1 N–H and O–H groups in total. The molecule has 0 aliphatic rings. The Balaban J connectivity index is 1.91. The lowest BCUT2D eigenvalue weighted by atomic mass is 10.0. The minimum absolute atomic E-state index is 0.00929. The summed E-state index contributed by atoms with van der Waals surface area (Å²) in [4.78, 5) is 12.8. The van der Waals surface area contributed by atoms with Crippen molar-refractivity contribution < 1.29 is 22.0 Å². The normalized spacial score (nSPS) is 11.3. The molecule has 150 valence electrons. The van der Waals surface area contributed by atoms with Gasteiger partial charge in [-0.1, -0.05) is 29.8 Å². The Labute approximate surface area is 175 Å². The molecule has 0 saturated carbocycles. The second-order valence-corrected chi connectivity index (χ2v) is 8.90. The summed E-state index contributed by atoms with van der Waals surface area (Å²) in [5, 5.41) is 0. The first-order valence-electron chi connectivity index (χ1n) is 8.52. The van der Waals surface area contributed by atoms with Crippen LogP contribution in [-0.2, 0) is 16.4 Å². The van der Waals surface area contributed by atoms with Gasteiger partial charge in [-0.3, -0.25) is 9.52 Å².